The summed E-state index contributed by atoms with van der Waals surface area (Å²) in [6.45, 7) is 4.70. The van der Waals surface area contributed by atoms with Crippen LogP contribution in [0.25, 0.3) is 0 Å². The van der Waals surface area contributed by atoms with Gasteiger partial charge in [-0.1, -0.05) is 29.8 Å². The molecular formula is C16H23BrN2O2. The summed E-state index contributed by atoms with van der Waals surface area (Å²) in [7, 11) is 0. The molecular weight excluding hydrogens is 332 g/mol. The lowest BCUT2D eigenvalue weighted by molar-refractivity contribution is -0.0233. The minimum atomic E-state index is -0.800. The van der Waals surface area contributed by atoms with Crippen LogP contribution < -0.4 is 11.1 Å². The number of nitrogen functional groups attached to an aromatic ring is 1. The molecule has 1 fully saturated rings. The largest absolute Gasteiger partial charge is 0.398 e. The highest BCUT2D eigenvalue weighted by Gasteiger charge is 2.36. The third-order valence-electron chi connectivity index (χ3n) is 4.37. The Morgan fingerprint density at radius 2 is 1.95 bits per heavy atom. The summed E-state index contributed by atoms with van der Waals surface area (Å²) < 4.78 is 0.806. The maximum atomic E-state index is 12.2. The number of benzene rings is 1. The van der Waals surface area contributed by atoms with Crippen LogP contribution in [-0.4, -0.2) is 23.2 Å². The molecule has 0 radical (unpaired) electrons. The van der Waals surface area contributed by atoms with Crippen LogP contribution in [0.15, 0.2) is 22.7 Å². The molecule has 0 heterocycles. The van der Waals surface area contributed by atoms with Gasteiger partial charge < -0.3 is 16.2 Å². The minimum absolute atomic E-state index is 0.243. The predicted molar refractivity (Wildman–Crippen MR) is 88.1 cm³/mol. The van der Waals surface area contributed by atoms with Crippen LogP contribution in [-0.2, 0) is 0 Å². The van der Waals surface area contributed by atoms with E-state index in [1.165, 1.54) is 0 Å². The average molecular weight is 355 g/mol. The molecule has 1 saturated carbocycles. The Balaban J connectivity index is 1.97. The van der Waals surface area contributed by atoms with E-state index in [2.05, 4.69) is 35.1 Å². The van der Waals surface area contributed by atoms with E-state index in [1.54, 1.807) is 18.2 Å². The molecule has 5 heteroatoms. The topological polar surface area (TPSA) is 75.3 Å². The zero-order valence-corrected chi connectivity index (χ0v) is 14.2. The van der Waals surface area contributed by atoms with Crippen LogP contribution in [0.5, 0.6) is 0 Å². The van der Waals surface area contributed by atoms with E-state index in [1.807, 2.05) is 0 Å². The van der Waals surface area contributed by atoms with Crippen LogP contribution >= 0.6 is 15.9 Å². The molecule has 2 rings (SSSR count). The van der Waals surface area contributed by atoms with Crippen molar-refractivity contribution in [3.63, 3.8) is 0 Å². The Hall–Kier alpha value is -1.07. The van der Waals surface area contributed by atoms with Gasteiger partial charge in [0.05, 0.1) is 11.2 Å². The Morgan fingerprint density at radius 1 is 1.33 bits per heavy atom. The number of carbonyl (C=O) groups is 1. The van der Waals surface area contributed by atoms with E-state index in [9.17, 15) is 9.90 Å². The van der Waals surface area contributed by atoms with Crippen molar-refractivity contribution in [3.05, 3.63) is 28.2 Å². The van der Waals surface area contributed by atoms with E-state index in [-0.39, 0.29) is 17.9 Å². The monoisotopic (exact) mass is 354 g/mol. The first-order chi connectivity index (χ1) is 9.71. The molecule has 1 aliphatic rings. The molecule has 116 valence electrons. The number of nitrogens with one attached hydrogen (secondary N) is 1. The maximum Gasteiger partial charge on any atom is 0.253 e. The van der Waals surface area contributed by atoms with Gasteiger partial charge in [-0.2, -0.15) is 0 Å². The summed E-state index contributed by atoms with van der Waals surface area (Å²) in [6.07, 6.45) is 3.37. The van der Waals surface area contributed by atoms with Gasteiger partial charge in [-0.3, -0.25) is 4.79 Å². The Bertz CT molecular complexity index is 533. The van der Waals surface area contributed by atoms with E-state index < -0.39 is 5.60 Å². The maximum absolute atomic E-state index is 12.2. The minimum Gasteiger partial charge on any atom is -0.398 e. The number of amides is 1. The van der Waals surface area contributed by atoms with Crippen LogP contribution in [0.4, 0.5) is 5.69 Å². The Labute approximate surface area is 134 Å². The number of hydrogen-bond donors (Lipinski definition) is 3. The van der Waals surface area contributed by atoms with Gasteiger partial charge >= 0.3 is 0 Å². The molecule has 21 heavy (non-hydrogen) atoms. The highest BCUT2D eigenvalue weighted by Crippen LogP contribution is 2.39. The summed E-state index contributed by atoms with van der Waals surface area (Å²) in [6, 6.07) is 5.18. The summed E-state index contributed by atoms with van der Waals surface area (Å²) in [4.78, 5) is 12.2. The first kappa shape index (κ1) is 16.3. The number of rotatable bonds is 3. The van der Waals surface area contributed by atoms with Gasteiger partial charge in [0.2, 0.25) is 0 Å². The van der Waals surface area contributed by atoms with E-state index >= 15 is 0 Å². The second-order valence-electron chi connectivity index (χ2n) is 6.80. The number of hydrogen-bond acceptors (Lipinski definition) is 3. The fourth-order valence-electron chi connectivity index (χ4n) is 2.63. The number of nitrogens with two attached hydrogens (primary N) is 1. The van der Waals surface area contributed by atoms with Crippen molar-refractivity contribution in [1.82, 2.24) is 5.32 Å². The smallest absolute Gasteiger partial charge is 0.253 e. The van der Waals surface area contributed by atoms with Crippen LogP contribution in [0.3, 0.4) is 0 Å². The molecule has 1 amide bonds. The van der Waals surface area contributed by atoms with Crippen molar-refractivity contribution < 1.29 is 9.90 Å². The lowest BCUT2D eigenvalue weighted by Crippen LogP contribution is -2.46. The van der Waals surface area contributed by atoms with E-state index in [4.69, 9.17) is 5.73 Å². The molecule has 1 aromatic carbocycles. The molecule has 0 unspecified atom stereocenters. The SMILES string of the molecule is CC1(C)CCC(O)(CNC(=O)c2cc(Br)ccc2N)CC1. The molecule has 1 aliphatic carbocycles. The second kappa shape index (κ2) is 5.97. The van der Waals surface area contributed by atoms with Crippen LogP contribution in [0.1, 0.15) is 49.9 Å². The van der Waals surface area contributed by atoms with Gasteiger partial charge in [-0.05, 0) is 49.3 Å². The third-order valence-corrected chi connectivity index (χ3v) is 4.87. The van der Waals surface area contributed by atoms with Crippen LogP contribution in [0, 0.1) is 5.41 Å². The van der Waals surface area contributed by atoms with Gasteiger partial charge in [0.25, 0.3) is 5.91 Å². The molecule has 0 atom stereocenters. The van der Waals surface area contributed by atoms with Gasteiger partial charge in [0, 0.05) is 16.7 Å². The highest BCUT2D eigenvalue weighted by molar-refractivity contribution is 9.10. The average Bonchev–Trinajstić information content (AvgIpc) is 2.43. The van der Waals surface area contributed by atoms with Crippen LogP contribution in [0.2, 0.25) is 0 Å². The molecule has 0 spiro atoms. The quantitative estimate of drug-likeness (QED) is 0.730. The molecule has 1 aromatic rings. The van der Waals surface area contributed by atoms with Gasteiger partial charge in [-0.15, -0.1) is 0 Å². The van der Waals surface area contributed by atoms with Gasteiger partial charge in [0.15, 0.2) is 0 Å². The predicted octanol–water partition coefficient (Wildman–Crippen LogP) is 3.09. The second-order valence-corrected chi connectivity index (χ2v) is 7.72. The highest BCUT2D eigenvalue weighted by atomic mass is 79.9. The fourth-order valence-corrected chi connectivity index (χ4v) is 3.00. The third kappa shape index (κ3) is 4.20. The van der Waals surface area contributed by atoms with Crippen molar-refractivity contribution in [2.24, 2.45) is 5.41 Å². The zero-order valence-electron chi connectivity index (χ0n) is 12.6. The molecule has 4 nitrogen and oxygen atoms in total. The Kier molecular flexibility index (Phi) is 4.63. The number of aliphatic hydroxyl groups is 1. The first-order valence-electron chi connectivity index (χ1n) is 7.26. The standard InChI is InChI=1S/C16H23BrN2O2/c1-15(2)5-7-16(21,8-6-15)10-19-14(20)12-9-11(17)3-4-13(12)18/h3-4,9,21H,5-8,10,18H2,1-2H3,(H,19,20). The van der Waals surface area contributed by atoms with Crippen molar-refractivity contribution in [2.75, 3.05) is 12.3 Å². The van der Waals surface area contributed by atoms with Crippen molar-refractivity contribution in [3.8, 4) is 0 Å². The summed E-state index contributed by atoms with van der Waals surface area (Å²) >= 11 is 3.33. The summed E-state index contributed by atoms with van der Waals surface area (Å²) in [5.41, 5.74) is 6.18. The molecule has 4 N–H and O–H groups in total. The Morgan fingerprint density at radius 3 is 2.57 bits per heavy atom. The van der Waals surface area contributed by atoms with Crippen molar-refractivity contribution in [1.29, 1.82) is 0 Å². The molecule has 0 bridgehead atoms. The van der Waals surface area contributed by atoms with E-state index in [0.29, 0.717) is 24.1 Å². The number of halogens is 1. The van der Waals surface area contributed by atoms with Crippen molar-refractivity contribution >= 4 is 27.5 Å². The van der Waals surface area contributed by atoms with E-state index in [0.717, 1.165) is 17.3 Å². The normalized spacial score (nSPS) is 20.0. The number of anilines is 1. The molecule has 0 aromatic heterocycles. The lowest BCUT2D eigenvalue weighted by atomic mass is 9.71. The fraction of sp³-hybridized carbons (Fsp3) is 0.562. The summed E-state index contributed by atoms with van der Waals surface area (Å²) in [5.74, 6) is -0.243. The first-order valence-corrected chi connectivity index (χ1v) is 8.06. The molecule has 0 saturated heterocycles. The lowest BCUT2D eigenvalue weighted by Gasteiger charge is -2.40. The van der Waals surface area contributed by atoms with Gasteiger partial charge in [0.1, 0.15) is 0 Å². The molecule has 0 aliphatic heterocycles. The number of carbonyl (C=O) groups excluding carboxylic acids is 1. The van der Waals surface area contributed by atoms with Gasteiger partial charge in [-0.25, -0.2) is 0 Å². The zero-order chi connectivity index (χ0) is 15.7. The summed E-state index contributed by atoms with van der Waals surface area (Å²) in [5, 5.41) is 13.4. The van der Waals surface area contributed by atoms with Crippen molar-refractivity contribution in [2.45, 2.75) is 45.1 Å².